The number of amides is 2. The third-order valence-electron chi connectivity index (χ3n) is 3.86. The molecule has 25 heavy (non-hydrogen) atoms. The summed E-state index contributed by atoms with van der Waals surface area (Å²) in [5, 5.41) is 0.313. The van der Waals surface area contributed by atoms with Gasteiger partial charge in [0.25, 0.3) is 11.8 Å². The third kappa shape index (κ3) is 5.22. The Morgan fingerprint density at radius 3 is 2.48 bits per heavy atom. The summed E-state index contributed by atoms with van der Waals surface area (Å²) in [6, 6.07) is 14.2. The van der Waals surface area contributed by atoms with Crippen molar-refractivity contribution in [2.45, 2.75) is 26.2 Å². The molecule has 0 spiro atoms. The number of nitrogens with one attached hydrogen (secondary N) is 2. The van der Waals surface area contributed by atoms with E-state index in [4.69, 9.17) is 16.3 Å². The van der Waals surface area contributed by atoms with E-state index in [1.165, 1.54) is 0 Å². The molecular formula is C19H21ClN2O3. The van der Waals surface area contributed by atoms with Gasteiger partial charge in [-0.2, -0.15) is 0 Å². The molecule has 0 radical (unpaired) electrons. The molecule has 0 bridgehead atoms. The van der Waals surface area contributed by atoms with Crippen molar-refractivity contribution in [3.63, 3.8) is 0 Å². The Morgan fingerprint density at radius 2 is 1.76 bits per heavy atom. The number of benzene rings is 2. The highest BCUT2D eigenvalue weighted by atomic mass is 35.5. The lowest BCUT2D eigenvalue weighted by Crippen LogP contribution is -2.43. The number of hydrazine groups is 1. The molecule has 0 heterocycles. The summed E-state index contributed by atoms with van der Waals surface area (Å²) in [5.41, 5.74) is 5.98. The first kappa shape index (κ1) is 18.8. The summed E-state index contributed by atoms with van der Waals surface area (Å²) < 4.78 is 5.59. The molecule has 2 rings (SSSR count). The molecule has 1 atom stereocenters. The van der Waals surface area contributed by atoms with Crippen LogP contribution in [0.3, 0.4) is 0 Å². The van der Waals surface area contributed by atoms with E-state index in [-0.39, 0.29) is 12.2 Å². The van der Waals surface area contributed by atoms with Gasteiger partial charge in [-0.1, -0.05) is 55.8 Å². The van der Waals surface area contributed by atoms with E-state index in [1.807, 2.05) is 24.3 Å². The lowest BCUT2D eigenvalue weighted by molar-refractivity contribution is -0.123. The summed E-state index contributed by atoms with van der Waals surface area (Å²) in [6.07, 6.45) is 0.973. The van der Waals surface area contributed by atoms with E-state index < -0.39 is 11.8 Å². The highest BCUT2D eigenvalue weighted by Gasteiger charge is 2.13. The lowest BCUT2D eigenvalue weighted by atomic mass is 9.98. The first-order valence-corrected chi connectivity index (χ1v) is 8.46. The third-order valence-corrected chi connectivity index (χ3v) is 4.18. The molecule has 0 saturated carbocycles. The van der Waals surface area contributed by atoms with Crippen molar-refractivity contribution in [2.75, 3.05) is 6.61 Å². The minimum atomic E-state index is -0.487. The largest absolute Gasteiger partial charge is 0.483 e. The Morgan fingerprint density at radius 1 is 1.08 bits per heavy atom. The van der Waals surface area contributed by atoms with Gasteiger partial charge >= 0.3 is 0 Å². The van der Waals surface area contributed by atoms with Crippen molar-refractivity contribution >= 4 is 23.4 Å². The smallest absolute Gasteiger partial charge is 0.276 e. The van der Waals surface area contributed by atoms with Crippen LogP contribution in [0.2, 0.25) is 5.02 Å². The van der Waals surface area contributed by atoms with Crippen LogP contribution in [-0.2, 0) is 4.79 Å². The molecule has 0 aliphatic carbocycles. The summed E-state index contributed by atoms with van der Waals surface area (Å²) in [7, 11) is 0. The van der Waals surface area contributed by atoms with Gasteiger partial charge in [0.2, 0.25) is 0 Å². The average molecular weight is 361 g/mol. The van der Waals surface area contributed by atoms with Gasteiger partial charge in [0.05, 0.1) is 10.6 Å². The number of halogens is 1. The van der Waals surface area contributed by atoms with Crippen molar-refractivity contribution in [1.29, 1.82) is 0 Å². The lowest BCUT2D eigenvalue weighted by Gasteiger charge is -2.15. The molecule has 2 aromatic carbocycles. The fourth-order valence-electron chi connectivity index (χ4n) is 2.26. The zero-order valence-corrected chi connectivity index (χ0v) is 15.0. The fourth-order valence-corrected chi connectivity index (χ4v) is 2.48. The summed E-state index contributed by atoms with van der Waals surface area (Å²) >= 11 is 5.94. The van der Waals surface area contributed by atoms with Gasteiger partial charge in [-0.25, -0.2) is 0 Å². The van der Waals surface area contributed by atoms with Gasteiger partial charge in [0, 0.05) is 0 Å². The molecule has 0 aromatic heterocycles. The van der Waals surface area contributed by atoms with Crippen LogP contribution in [0.4, 0.5) is 0 Å². The van der Waals surface area contributed by atoms with Crippen molar-refractivity contribution in [1.82, 2.24) is 10.9 Å². The van der Waals surface area contributed by atoms with Crippen LogP contribution in [0.1, 0.15) is 42.1 Å². The van der Waals surface area contributed by atoms with E-state index >= 15 is 0 Å². The van der Waals surface area contributed by atoms with Gasteiger partial charge in [-0.15, -0.1) is 0 Å². The maximum absolute atomic E-state index is 12.0. The van der Waals surface area contributed by atoms with Gasteiger partial charge in [-0.3, -0.25) is 20.4 Å². The highest BCUT2D eigenvalue weighted by molar-refractivity contribution is 6.33. The van der Waals surface area contributed by atoms with Gasteiger partial charge in [0.1, 0.15) is 5.75 Å². The van der Waals surface area contributed by atoms with Crippen LogP contribution in [-0.4, -0.2) is 18.4 Å². The maximum atomic E-state index is 12.0. The van der Waals surface area contributed by atoms with Crippen LogP contribution >= 0.6 is 11.6 Å². The number of rotatable bonds is 6. The second kappa shape index (κ2) is 9.08. The Labute approximate surface area is 152 Å². The van der Waals surface area contributed by atoms with Gasteiger partial charge in [-0.05, 0) is 36.1 Å². The van der Waals surface area contributed by atoms with Crippen LogP contribution in [0.25, 0.3) is 0 Å². The zero-order valence-electron chi connectivity index (χ0n) is 14.2. The number of ether oxygens (including phenoxy) is 1. The number of para-hydroxylation sites is 1. The molecule has 6 heteroatoms. The fraction of sp³-hybridized carbons (Fsp3) is 0.263. The molecule has 0 saturated heterocycles. The molecule has 2 aromatic rings. The molecule has 0 aliphatic rings. The maximum Gasteiger partial charge on any atom is 0.276 e. The van der Waals surface area contributed by atoms with Crippen LogP contribution in [0.15, 0.2) is 48.5 Å². The monoisotopic (exact) mass is 360 g/mol. The minimum absolute atomic E-state index is 0.198. The molecule has 0 fully saturated rings. The predicted octanol–water partition coefficient (Wildman–Crippen LogP) is 3.69. The molecular weight excluding hydrogens is 340 g/mol. The molecule has 0 aliphatic heterocycles. The molecule has 2 amide bonds. The van der Waals surface area contributed by atoms with E-state index in [0.717, 1.165) is 12.0 Å². The number of carbonyl (C=O) groups is 2. The zero-order chi connectivity index (χ0) is 18.2. The number of hydrogen-bond acceptors (Lipinski definition) is 3. The summed E-state index contributed by atoms with van der Waals surface area (Å²) in [6.45, 7) is 4.00. The van der Waals surface area contributed by atoms with Crippen molar-refractivity contribution in [3.8, 4) is 5.75 Å². The van der Waals surface area contributed by atoms with Gasteiger partial charge in [0.15, 0.2) is 6.61 Å². The topological polar surface area (TPSA) is 67.4 Å². The van der Waals surface area contributed by atoms with E-state index in [0.29, 0.717) is 16.7 Å². The first-order chi connectivity index (χ1) is 12.0. The van der Waals surface area contributed by atoms with E-state index in [1.54, 1.807) is 24.3 Å². The minimum Gasteiger partial charge on any atom is -0.483 e. The second-order valence-corrected chi connectivity index (χ2v) is 6.03. The SMILES string of the molecule is CCC(C)c1ccccc1OCC(=O)NNC(=O)c1ccccc1Cl. The Hall–Kier alpha value is -2.53. The van der Waals surface area contributed by atoms with E-state index in [2.05, 4.69) is 24.7 Å². The molecule has 2 N–H and O–H groups in total. The van der Waals surface area contributed by atoms with Crippen LogP contribution in [0.5, 0.6) is 5.75 Å². The van der Waals surface area contributed by atoms with Crippen LogP contribution < -0.4 is 15.6 Å². The van der Waals surface area contributed by atoms with Gasteiger partial charge < -0.3 is 4.74 Å². The highest BCUT2D eigenvalue weighted by Crippen LogP contribution is 2.28. The number of carbonyl (C=O) groups excluding carboxylic acids is 2. The predicted molar refractivity (Wildman–Crippen MR) is 97.7 cm³/mol. The summed E-state index contributed by atoms with van der Waals surface area (Å²) in [5.74, 6) is 0.0573. The van der Waals surface area contributed by atoms with Crippen molar-refractivity contribution in [3.05, 3.63) is 64.7 Å². The Kier molecular flexibility index (Phi) is 6.83. The standard InChI is InChI=1S/C19H21ClN2O3/c1-3-13(2)14-8-5-7-11-17(14)25-12-18(23)21-22-19(24)15-9-4-6-10-16(15)20/h4-11,13H,3,12H2,1-2H3,(H,21,23)(H,22,24). The first-order valence-electron chi connectivity index (χ1n) is 8.08. The molecule has 1 unspecified atom stereocenters. The number of hydrogen-bond donors (Lipinski definition) is 2. The van der Waals surface area contributed by atoms with E-state index in [9.17, 15) is 9.59 Å². The Bertz CT molecular complexity index is 749. The second-order valence-electron chi connectivity index (χ2n) is 5.62. The van der Waals surface area contributed by atoms with Crippen LogP contribution in [0, 0.1) is 0 Å². The quantitative estimate of drug-likeness (QED) is 0.772. The normalized spacial score (nSPS) is 11.5. The summed E-state index contributed by atoms with van der Waals surface area (Å²) in [4.78, 5) is 23.9. The molecule has 132 valence electrons. The molecule has 5 nitrogen and oxygen atoms in total. The van der Waals surface area contributed by atoms with Crippen molar-refractivity contribution < 1.29 is 14.3 Å². The Balaban J connectivity index is 1.88. The van der Waals surface area contributed by atoms with Crippen molar-refractivity contribution in [2.24, 2.45) is 0 Å². The average Bonchev–Trinajstić information content (AvgIpc) is 2.64.